The molecule has 5 nitrogen and oxygen atoms in total. The highest BCUT2D eigenvalue weighted by Gasteiger charge is 2.33. The van der Waals surface area contributed by atoms with Gasteiger partial charge in [0.2, 0.25) is 0 Å². The summed E-state index contributed by atoms with van der Waals surface area (Å²) in [6.07, 6.45) is 0.371. The molecule has 0 amide bonds. The molecular formula is C15H19NO4. The molecule has 2 rings (SSSR count). The fourth-order valence-electron chi connectivity index (χ4n) is 2.31. The van der Waals surface area contributed by atoms with Crippen molar-refractivity contribution in [1.82, 2.24) is 0 Å². The number of ether oxygens (including phenoxy) is 2. The van der Waals surface area contributed by atoms with Crippen molar-refractivity contribution >= 4 is 17.4 Å². The third-order valence-electron chi connectivity index (χ3n) is 3.43. The van der Waals surface area contributed by atoms with Gasteiger partial charge >= 0.3 is 5.97 Å². The number of Topliss-reactive ketones (excluding diaryl/α,β-unsaturated/α-hetero) is 1. The molecule has 1 unspecified atom stereocenters. The number of carbonyl (C=O) groups excluding carboxylic acids is 2. The normalized spacial score (nSPS) is 18.8. The lowest BCUT2D eigenvalue weighted by Gasteiger charge is -2.32. The quantitative estimate of drug-likeness (QED) is 0.619. The van der Waals surface area contributed by atoms with Crippen LogP contribution in [-0.2, 0) is 14.3 Å². The van der Waals surface area contributed by atoms with E-state index in [9.17, 15) is 9.59 Å². The fourth-order valence-corrected chi connectivity index (χ4v) is 2.31. The Labute approximate surface area is 118 Å². The van der Waals surface area contributed by atoms with E-state index in [1.54, 1.807) is 14.0 Å². The highest BCUT2D eigenvalue weighted by Crippen LogP contribution is 2.24. The van der Waals surface area contributed by atoms with Gasteiger partial charge in [-0.3, -0.25) is 9.59 Å². The van der Waals surface area contributed by atoms with E-state index in [2.05, 4.69) is 0 Å². The van der Waals surface area contributed by atoms with E-state index in [0.29, 0.717) is 26.1 Å². The zero-order valence-electron chi connectivity index (χ0n) is 11.8. The second-order valence-electron chi connectivity index (χ2n) is 4.66. The minimum absolute atomic E-state index is 0.0341. The molecule has 1 aromatic rings. The van der Waals surface area contributed by atoms with Crippen LogP contribution in [0.25, 0.3) is 0 Å². The number of ketones is 1. The molecule has 108 valence electrons. The minimum atomic E-state index is -0.675. The van der Waals surface area contributed by atoms with Gasteiger partial charge in [0.25, 0.3) is 0 Å². The molecule has 0 radical (unpaired) electrons. The van der Waals surface area contributed by atoms with Crippen LogP contribution in [0.15, 0.2) is 24.3 Å². The third kappa shape index (κ3) is 3.10. The molecule has 0 spiro atoms. The van der Waals surface area contributed by atoms with E-state index < -0.39 is 11.9 Å². The van der Waals surface area contributed by atoms with Crippen LogP contribution in [0.1, 0.15) is 13.3 Å². The Kier molecular flexibility index (Phi) is 4.61. The van der Waals surface area contributed by atoms with E-state index in [4.69, 9.17) is 9.47 Å². The maximum absolute atomic E-state index is 11.8. The Balaban J connectivity index is 2.09. The number of benzene rings is 1. The molecule has 1 saturated heterocycles. The third-order valence-corrected chi connectivity index (χ3v) is 3.43. The van der Waals surface area contributed by atoms with Crippen LogP contribution in [0.3, 0.4) is 0 Å². The lowest BCUT2D eigenvalue weighted by atomic mass is 9.96. The van der Waals surface area contributed by atoms with Gasteiger partial charge in [0.1, 0.15) is 11.7 Å². The molecule has 0 bridgehead atoms. The van der Waals surface area contributed by atoms with E-state index in [-0.39, 0.29) is 5.78 Å². The smallest absolute Gasteiger partial charge is 0.318 e. The number of carbonyl (C=O) groups is 2. The van der Waals surface area contributed by atoms with E-state index in [0.717, 1.165) is 11.4 Å². The van der Waals surface area contributed by atoms with Crippen LogP contribution in [-0.4, -0.2) is 38.6 Å². The van der Waals surface area contributed by atoms with Gasteiger partial charge in [0.05, 0.1) is 13.7 Å². The number of hydrogen-bond donors (Lipinski definition) is 0. The topological polar surface area (TPSA) is 55.8 Å². The number of esters is 1. The predicted molar refractivity (Wildman–Crippen MR) is 75.0 cm³/mol. The first-order valence-corrected chi connectivity index (χ1v) is 6.74. The van der Waals surface area contributed by atoms with Crippen molar-refractivity contribution in [3.63, 3.8) is 0 Å². The Hall–Kier alpha value is -2.04. The highest BCUT2D eigenvalue weighted by molar-refractivity contribution is 6.00. The van der Waals surface area contributed by atoms with Crippen LogP contribution < -0.4 is 9.64 Å². The van der Waals surface area contributed by atoms with E-state index in [1.165, 1.54) is 0 Å². The average Bonchev–Trinajstić information content (AvgIpc) is 2.48. The number of piperidine rings is 1. The summed E-state index contributed by atoms with van der Waals surface area (Å²) in [6, 6.07) is 7.59. The predicted octanol–water partition coefficient (Wildman–Crippen LogP) is 1.65. The van der Waals surface area contributed by atoms with Gasteiger partial charge in [-0.15, -0.1) is 0 Å². The van der Waals surface area contributed by atoms with Crippen molar-refractivity contribution < 1.29 is 19.1 Å². The fraction of sp³-hybridized carbons (Fsp3) is 0.467. The van der Waals surface area contributed by atoms with Crippen LogP contribution in [0.5, 0.6) is 5.75 Å². The van der Waals surface area contributed by atoms with Gasteiger partial charge in [0, 0.05) is 25.2 Å². The molecule has 0 saturated carbocycles. The summed E-state index contributed by atoms with van der Waals surface area (Å²) >= 11 is 0. The molecule has 0 aromatic heterocycles. The van der Waals surface area contributed by atoms with Crippen LogP contribution in [0, 0.1) is 5.92 Å². The lowest BCUT2D eigenvalue weighted by Crippen LogP contribution is -2.45. The molecule has 1 fully saturated rings. The van der Waals surface area contributed by atoms with Crippen LogP contribution >= 0.6 is 0 Å². The Morgan fingerprint density at radius 2 is 2.05 bits per heavy atom. The van der Waals surface area contributed by atoms with Crippen molar-refractivity contribution in [2.45, 2.75) is 13.3 Å². The number of methoxy groups -OCH3 is 1. The van der Waals surface area contributed by atoms with Crippen LogP contribution in [0.4, 0.5) is 5.69 Å². The number of hydrogen-bond acceptors (Lipinski definition) is 5. The summed E-state index contributed by atoms with van der Waals surface area (Å²) in [5.74, 6) is -0.349. The standard InChI is InChI=1S/C15H19NO4/c1-3-20-15(18)13-10-16(9-8-14(13)17)11-4-6-12(19-2)7-5-11/h4-7,13H,3,8-10H2,1-2H3. The van der Waals surface area contributed by atoms with E-state index in [1.807, 2.05) is 29.2 Å². The highest BCUT2D eigenvalue weighted by atomic mass is 16.5. The monoisotopic (exact) mass is 277 g/mol. The van der Waals surface area contributed by atoms with Crippen molar-refractivity contribution in [2.24, 2.45) is 5.92 Å². The van der Waals surface area contributed by atoms with Crippen molar-refractivity contribution in [3.8, 4) is 5.75 Å². The second kappa shape index (κ2) is 6.41. The van der Waals surface area contributed by atoms with E-state index >= 15 is 0 Å². The summed E-state index contributed by atoms with van der Waals surface area (Å²) < 4.78 is 10.1. The molecule has 0 aliphatic carbocycles. The molecular weight excluding hydrogens is 258 g/mol. The van der Waals surface area contributed by atoms with Gasteiger partial charge in [-0.05, 0) is 31.2 Å². The largest absolute Gasteiger partial charge is 0.497 e. The zero-order chi connectivity index (χ0) is 14.5. The molecule has 5 heteroatoms. The molecule has 1 aliphatic heterocycles. The van der Waals surface area contributed by atoms with Crippen molar-refractivity contribution in [3.05, 3.63) is 24.3 Å². The first-order valence-electron chi connectivity index (χ1n) is 6.74. The summed E-state index contributed by atoms with van der Waals surface area (Å²) in [4.78, 5) is 25.7. The summed E-state index contributed by atoms with van der Waals surface area (Å²) in [7, 11) is 1.62. The first kappa shape index (κ1) is 14.4. The Morgan fingerprint density at radius 1 is 1.35 bits per heavy atom. The molecule has 20 heavy (non-hydrogen) atoms. The summed E-state index contributed by atoms with van der Waals surface area (Å²) in [5.41, 5.74) is 0.979. The summed E-state index contributed by atoms with van der Waals surface area (Å²) in [6.45, 7) is 3.04. The lowest BCUT2D eigenvalue weighted by molar-refractivity contribution is -0.151. The zero-order valence-corrected chi connectivity index (χ0v) is 11.8. The maximum Gasteiger partial charge on any atom is 0.318 e. The molecule has 1 atom stereocenters. The van der Waals surface area contributed by atoms with Crippen LogP contribution in [0.2, 0.25) is 0 Å². The number of nitrogens with zero attached hydrogens (tertiary/aromatic N) is 1. The van der Waals surface area contributed by atoms with Crippen molar-refractivity contribution in [2.75, 3.05) is 31.7 Å². The number of anilines is 1. The number of rotatable bonds is 4. The Bertz CT molecular complexity index is 483. The second-order valence-corrected chi connectivity index (χ2v) is 4.66. The molecule has 1 heterocycles. The first-order chi connectivity index (χ1) is 9.65. The van der Waals surface area contributed by atoms with Gasteiger partial charge in [-0.25, -0.2) is 0 Å². The molecule has 0 N–H and O–H groups in total. The average molecular weight is 277 g/mol. The maximum atomic E-state index is 11.8. The Morgan fingerprint density at radius 3 is 2.65 bits per heavy atom. The van der Waals surface area contributed by atoms with Gasteiger partial charge < -0.3 is 14.4 Å². The minimum Gasteiger partial charge on any atom is -0.497 e. The van der Waals surface area contributed by atoms with Gasteiger partial charge in [0.15, 0.2) is 5.78 Å². The summed E-state index contributed by atoms with van der Waals surface area (Å²) in [5, 5.41) is 0. The molecule has 1 aromatic carbocycles. The van der Waals surface area contributed by atoms with Crippen molar-refractivity contribution in [1.29, 1.82) is 0 Å². The van der Waals surface area contributed by atoms with Gasteiger partial charge in [-0.1, -0.05) is 0 Å². The SMILES string of the molecule is CCOC(=O)C1CN(c2ccc(OC)cc2)CCC1=O. The molecule has 1 aliphatic rings. The van der Waals surface area contributed by atoms with Gasteiger partial charge in [-0.2, -0.15) is 0 Å².